The summed E-state index contributed by atoms with van der Waals surface area (Å²) in [6.07, 6.45) is 2.98. The molecule has 1 fully saturated rings. The number of carbonyl (C=O) groups excluding carboxylic acids is 1. The van der Waals surface area contributed by atoms with Crippen LogP contribution < -0.4 is 0 Å². The molecule has 1 saturated carbocycles. The van der Waals surface area contributed by atoms with Gasteiger partial charge in [0, 0.05) is 0 Å². The molecule has 0 aromatic heterocycles. The average molecular weight is 186 g/mol. The third kappa shape index (κ3) is 2.71. The van der Waals surface area contributed by atoms with Crippen LogP contribution in [0.4, 0.5) is 0 Å². The summed E-state index contributed by atoms with van der Waals surface area (Å²) >= 11 is 0. The zero-order valence-corrected chi connectivity index (χ0v) is 7.77. The first-order valence-corrected chi connectivity index (χ1v) is 4.59. The molecule has 1 rings (SSSR count). The van der Waals surface area contributed by atoms with Gasteiger partial charge in [0.1, 0.15) is 0 Å². The second-order valence-electron chi connectivity index (χ2n) is 3.56. The van der Waals surface area contributed by atoms with Gasteiger partial charge < -0.3 is 14.8 Å². The Morgan fingerprint density at radius 1 is 1.46 bits per heavy atom. The largest absolute Gasteiger partial charge is 0.469 e. The summed E-state index contributed by atoms with van der Waals surface area (Å²) in [5.74, 6) is -0.547. The van der Waals surface area contributed by atoms with Gasteiger partial charge in [-0.15, -0.1) is 0 Å². The van der Waals surface area contributed by atoms with Gasteiger partial charge in [0.2, 0.25) is 0 Å². The van der Waals surface area contributed by atoms with Gasteiger partial charge in [-0.25, -0.2) is 0 Å². The highest BCUT2D eigenvalue weighted by molar-refractivity contribution is 6.43. The normalized spacial score (nSPS) is 28.2. The molecule has 4 nitrogen and oxygen atoms in total. The maximum Gasteiger partial charge on any atom is 0.454 e. The zero-order valence-electron chi connectivity index (χ0n) is 7.77. The van der Waals surface area contributed by atoms with Crippen molar-refractivity contribution >= 4 is 13.1 Å². The van der Waals surface area contributed by atoms with Crippen molar-refractivity contribution in [2.75, 3.05) is 7.11 Å². The number of esters is 1. The van der Waals surface area contributed by atoms with E-state index < -0.39 is 7.12 Å². The minimum atomic E-state index is -1.30. The van der Waals surface area contributed by atoms with Crippen molar-refractivity contribution in [3.05, 3.63) is 0 Å². The fraction of sp³-hybridized carbons (Fsp3) is 0.875. The molecule has 1 aliphatic carbocycles. The van der Waals surface area contributed by atoms with E-state index in [0.29, 0.717) is 6.42 Å². The van der Waals surface area contributed by atoms with E-state index in [0.717, 1.165) is 19.3 Å². The summed E-state index contributed by atoms with van der Waals surface area (Å²) in [5, 5.41) is 17.9. The van der Waals surface area contributed by atoms with Gasteiger partial charge in [-0.3, -0.25) is 4.79 Å². The van der Waals surface area contributed by atoms with Crippen LogP contribution in [-0.2, 0) is 9.53 Å². The SMILES string of the molecule is COC(=O)C1CCCC(B(O)O)C1. The first kappa shape index (κ1) is 10.5. The molecule has 0 saturated heterocycles. The van der Waals surface area contributed by atoms with Gasteiger partial charge in [-0.1, -0.05) is 12.8 Å². The Morgan fingerprint density at radius 3 is 2.69 bits per heavy atom. The number of methoxy groups -OCH3 is 1. The lowest BCUT2D eigenvalue weighted by Crippen LogP contribution is -2.29. The maximum atomic E-state index is 11.1. The number of hydrogen-bond donors (Lipinski definition) is 2. The van der Waals surface area contributed by atoms with Crippen molar-refractivity contribution in [3.8, 4) is 0 Å². The minimum Gasteiger partial charge on any atom is -0.469 e. The molecule has 0 aromatic carbocycles. The van der Waals surface area contributed by atoms with E-state index in [1.807, 2.05) is 0 Å². The molecule has 0 spiro atoms. The lowest BCUT2D eigenvalue weighted by Gasteiger charge is -2.26. The fourth-order valence-corrected chi connectivity index (χ4v) is 1.88. The lowest BCUT2D eigenvalue weighted by atomic mass is 9.63. The number of hydrogen-bond acceptors (Lipinski definition) is 4. The number of ether oxygens (including phenoxy) is 1. The van der Waals surface area contributed by atoms with E-state index in [2.05, 4.69) is 4.74 Å². The van der Waals surface area contributed by atoms with E-state index in [1.165, 1.54) is 7.11 Å². The van der Waals surface area contributed by atoms with Crippen LogP contribution in [0.5, 0.6) is 0 Å². The Labute approximate surface area is 78.0 Å². The predicted molar refractivity (Wildman–Crippen MR) is 47.9 cm³/mol. The highest BCUT2D eigenvalue weighted by Gasteiger charge is 2.33. The van der Waals surface area contributed by atoms with Gasteiger partial charge >= 0.3 is 13.1 Å². The van der Waals surface area contributed by atoms with Crippen molar-refractivity contribution in [1.82, 2.24) is 0 Å². The molecular weight excluding hydrogens is 171 g/mol. The molecule has 1 aliphatic rings. The first-order valence-electron chi connectivity index (χ1n) is 4.59. The molecule has 5 heteroatoms. The second-order valence-corrected chi connectivity index (χ2v) is 3.56. The van der Waals surface area contributed by atoms with Gasteiger partial charge in [0.25, 0.3) is 0 Å². The van der Waals surface area contributed by atoms with E-state index in [1.54, 1.807) is 0 Å². The molecule has 0 aliphatic heterocycles. The molecule has 0 heterocycles. The molecule has 74 valence electrons. The van der Waals surface area contributed by atoms with Gasteiger partial charge in [0.15, 0.2) is 0 Å². The number of carbonyl (C=O) groups is 1. The highest BCUT2D eigenvalue weighted by Crippen LogP contribution is 2.34. The third-order valence-corrected chi connectivity index (χ3v) is 2.67. The highest BCUT2D eigenvalue weighted by atomic mass is 16.5. The van der Waals surface area contributed by atoms with Crippen molar-refractivity contribution in [3.63, 3.8) is 0 Å². The molecule has 13 heavy (non-hydrogen) atoms. The summed E-state index contributed by atoms with van der Waals surface area (Å²) in [6, 6.07) is 0. The van der Waals surface area contributed by atoms with Crippen LogP contribution in [0.1, 0.15) is 25.7 Å². The van der Waals surface area contributed by atoms with Crippen LogP contribution in [0.15, 0.2) is 0 Å². The van der Waals surface area contributed by atoms with Crippen LogP contribution >= 0.6 is 0 Å². The van der Waals surface area contributed by atoms with Crippen molar-refractivity contribution in [1.29, 1.82) is 0 Å². The lowest BCUT2D eigenvalue weighted by molar-refractivity contribution is -0.146. The van der Waals surface area contributed by atoms with Crippen molar-refractivity contribution in [2.45, 2.75) is 31.5 Å². The molecular formula is C8H15BO4. The second kappa shape index (κ2) is 4.62. The Bertz CT molecular complexity index is 183. The smallest absolute Gasteiger partial charge is 0.454 e. The molecule has 2 N–H and O–H groups in total. The Kier molecular flexibility index (Phi) is 3.75. The molecule has 0 amide bonds. The predicted octanol–water partition coefficient (Wildman–Crippen LogP) is 0.193. The van der Waals surface area contributed by atoms with Crippen LogP contribution in [0, 0.1) is 5.92 Å². The van der Waals surface area contributed by atoms with E-state index in [-0.39, 0.29) is 17.7 Å². The molecule has 2 unspecified atom stereocenters. The first-order chi connectivity index (χ1) is 6.15. The van der Waals surface area contributed by atoms with E-state index in [9.17, 15) is 4.79 Å². The van der Waals surface area contributed by atoms with Crippen molar-refractivity contribution in [2.24, 2.45) is 5.92 Å². The quantitative estimate of drug-likeness (QED) is 0.477. The Hall–Kier alpha value is -0.545. The fourth-order valence-electron chi connectivity index (χ4n) is 1.88. The van der Waals surface area contributed by atoms with Gasteiger partial charge in [0.05, 0.1) is 13.0 Å². The topological polar surface area (TPSA) is 66.8 Å². The van der Waals surface area contributed by atoms with Crippen LogP contribution in [0.2, 0.25) is 5.82 Å². The average Bonchev–Trinajstić information content (AvgIpc) is 2.17. The number of rotatable bonds is 2. The van der Waals surface area contributed by atoms with Crippen LogP contribution in [0.3, 0.4) is 0 Å². The van der Waals surface area contributed by atoms with Gasteiger partial charge in [-0.05, 0) is 18.7 Å². The minimum absolute atomic E-state index is 0.148. The zero-order chi connectivity index (χ0) is 9.84. The Balaban J connectivity index is 2.46. The summed E-state index contributed by atoms with van der Waals surface area (Å²) in [6.45, 7) is 0. The monoisotopic (exact) mass is 186 g/mol. The van der Waals surface area contributed by atoms with Crippen LogP contribution in [0.25, 0.3) is 0 Å². The van der Waals surface area contributed by atoms with E-state index >= 15 is 0 Å². The van der Waals surface area contributed by atoms with E-state index in [4.69, 9.17) is 10.0 Å². The summed E-state index contributed by atoms with van der Waals surface area (Å²) in [5.41, 5.74) is 0. The Morgan fingerprint density at radius 2 is 2.15 bits per heavy atom. The third-order valence-electron chi connectivity index (χ3n) is 2.67. The molecule has 0 bridgehead atoms. The maximum absolute atomic E-state index is 11.1. The molecule has 2 atom stereocenters. The standard InChI is InChI=1S/C8H15BO4/c1-13-8(10)6-3-2-4-7(5-6)9(11)12/h6-7,11-12H,2-5H2,1H3. The molecule has 0 radical (unpaired) electrons. The summed E-state index contributed by atoms with van der Waals surface area (Å²) in [4.78, 5) is 11.1. The molecule has 0 aromatic rings. The van der Waals surface area contributed by atoms with Gasteiger partial charge in [-0.2, -0.15) is 0 Å². The summed E-state index contributed by atoms with van der Waals surface area (Å²) in [7, 11) is 0.0638. The summed E-state index contributed by atoms with van der Waals surface area (Å²) < 4.78 is 4.62. The van der Waals surface area contributed by atoms with Crippen LogP contribution in [-0.4, -0.2) is 30.2 Å². The van der Waals surface area contributed by atoms with Crippen molar-refractivity contribution < 1.29 is 19.6 Å².